The van der Waals surface area contributed by atoms with Crippen LogP contribution >= 0.6 is 0 Å². The third-order valence-electron chi connectivity index (χ3n) is 2.76. The molecule has 2 aromatic rings. The number of hydrogen-bond acceptors (Lipinski definition) is 5. The summed E-state index contributed by atoms with van der Waals surface area (Å²) < 4.78 is 3.34. The Bertz CT molecular complexity index is 615. The molecule has 0 aliphatic rings. The average Bonchev–Trinajstić information content (AvgIpc) is 2.79. The minimum atomic E-state index is -0.0878. The van der Waals surface area contributed by atoms with Gasteiger partial charge in [-0.15, -0.1) is 0 Å². The fourth-order valence-electron chi connectivity index (χ4n) is 1.90. The monoisotopic (exact) mass is 276 g/mol. The molecule has 0 saturated heterocycles. The van der Waals surface area contributed by atoms with Gasteiger partial charge in [-0.25, -0.2) is 9.97 Å². The minimum Gasteiger partial charge on any atom is -0.365 e. The standard InChI is InChI=1S/C13H20N6O/c1-10(2)8-19-7-6-15-12(13(19)20)14-5-4-11-16-9-18(3)17-11/h6-7,9-10H,4-5,8H2,1-3H3,(H,14,15). The fourth-order valence-corrected chi connectivity index (χ4v) is 1.90. The molecule has 0 aliphatic carbocycles. The summed E-state index contributed by atoms with van der Waals surface area (Å²) in [5, 5.41) is 7.23. The lowest BCUT2D eigenvalue weighted by molar-refractivity contribution is 0.509. The molecule has 0 amide bonds. The van der Waals surface area contributed by atoms with Crippen molar-refractivity contribution in [2.24, 2.45) is 13.0 Å². The Morgan fingerprint density at radius 1 is 1.35 bits per heavy atom. The molecule has 2 aromatic heterocycles. The molecule has 0 aromatic carbocycles. The lowest BCUT2D eigenvalue weighted by Gasteiger charge is -2.10. The molecule has 0 atom stereocenters. The van der Waals surface area contributed by atoms with Crippen molar-refractivity contribution in [1.82, 2.24) is 24.3 Å². The predicted octanol–water partition coefficient (Wildman–Crippen LogP) is 0.682. The number of aryl methyl sites for hydroxylation is 1. The third kappa shape index (κ3) is 3.66. The minimum absolute atomic E-state index is 0.0878. The van der Waals surface area contributed by atoms with E-state index in [9.17, 15) is 4.79 Å². The van der Waals surface area contributed by atoms with E-state index in [1.807, 2.05) is 7.05 Å². The molecule has 0 spiro atoms. The van der Waals surface area contributed by atoms with Crippen molar-refractivity contribution in [3.05, 3.63) is 34.9 Å². The van der Waals surface area contributed by atoms with E-state index >= 15 is 0 Å². The van der Waals surface area contributed by atoms with E-state index in [1.165, 1.54) is 0 Å². The van der Waals surface area contributed by atoms with Gasteiger partial charge in [0, 0.05) is 39.0 Å². The first-order valence-electron chi connectivity index (χ1n) is 6.70. The summed E-state index contributed by atoms with van der Waals surface area (Å²) >= 11 is 0. The van der Waals surface area contributed by atoms with Crippen LogP contribution in [0.3, 0.4) is 0 Å². The van der Waals surface area contributed by atoms with Crippen LogP contribution in [0.4, 0.5) is 5.82 Å². The van der Waals surface area contributed by atoms with Crippen molar-refractivity contribution in [2.75, 3.05) is 11.9 Å². The zero-order valence-corrected chi connectivity index (χ0v) is 12.1. The van der Waals surface area contributed by atoms with Crippen molar-refractivity contribution in [1.29, 1.82) is 0 Å². The molecule has 2 rings (SSSR count). The Hall–Kier alpha value is -2.18. The van der Waals surface area contributed by atoms with E-state index in [2.05, 4.69) is 34.2 Å². The lowest BCUT2D eigenvalue weighted by Crippen LogP contribution is -2.26. The molecule has 7 nitrogen and oxygen atoms in total. The van der Waals surface area contributed by atoms with Gasteiger partial charge in [-0.1, -0.05) is 13.8 Å². The van der Waals surface area contributed by atoms with Crippen molar-refractivity contribution in [2.45, 2.75) is 26.8 Å². The fraction of sp³-hybridized carbons (Fsp3) is 0.538. The summed E-state index contributed by atoms with van der Waals surface area (Å²) in [7, 11) is 1.83. The predicted molar refractivity (Wildman–Crippen MR) is 76.5 cm³/mol. The first-order chi connectivity index (χ1) is 9.56. The summed E-state index contributed by atoms with van der Waals surface area (Å²) in [6, 6.07) is 0. The van der Waals surface area contributed by atoms with Crippen LogP contribution in [0.25, 0.3) is 0 Å². The van der Waals surface area contributed by atoms with E-state index in [0.29, 0.717) is 31.2 Å². The molecule has 0 aliphatic heterocycles. The van der Waals surface area contributed by atoms with Crippen LogP contribution in [0.1, 0.15) is 19.7 Å². The summed E-state index contributed by atoms with van der Waals surface area (Å²) in [6.07, 6.45) is 5.67. The number of aromatic nitrogens is 5. The van der Waals surface area contributed by atoms with Crippen LogP contribution in [0, 0.1) is 5.92 Å². The van der Waals surface area contributed by atoms with E-state index in [1.54, 1.807) is 28.0 Å². The van der Waals surface area contributed by atoms with Gasteiger partial charge < -0.3 is 9.88 Å². The second-order valence-electron chi connectivity index (χ2n) is 5.14. The van der Waals surface area contributed by atoms with Crippen LogP contribution < -0.4 is 10.9 Å². The Labute approximate surface area is 117 Å². The summed E-state index contributed by atoms with van der Waals surface area (Å²) in [4.78, 5) is 20.4. The highest BCUT2D eigenvalue weighted by Crippen LogP contribution is 1.99. The second-order valence-corrected chi connectivity index (χ2v) is 5.14. The van der Waals surface area contributed by atoms with Crippen LogP contribution in [0.2, 0.25) is 0 Å². The van der Waals surface area contributed by atoms with Gasteiger partial charge >= 0.3 is 0 Å². The first kappa shape index (κ1) is 14.2. The molecule has 20 heavy (non-hydrogen) atoms. The molecule has 0 radical (unpaired) electrons. The molecule has 0 fully saturated rings. The van der Waals surface area contributed by atoms with E-state index in [0.717, 1.165) is 5.82 Å². The van der Waals surface area contributed by atoms with Crippen molar-refractivity contribution >= 4 is 5.82 Å². The number of nitrogens with one attached hydrogen (secondary N) is 1. The first-order valence-corrected chi connectivity index (χ1v) is 6.70. The van der Waals surface area contributed by atoms with Gasteiger partial charge in [0.1, 0.15) is 6.33 Å². The molecule has 1 N–H and O–H groups in total. The lowest BCUT2D eigenvalue weighted by atomic mass is 10.2. The van der Waals surface area contributed by atoms with Gasteiger partial charge in [0.15, 0.2) is 11.6 Å². The SMILES string of the molecule is CC(C)Cn1ccnc(NCCc2ncn(C)n2)c1=O. The van der Waals surface area contributed by atoms with Crippen molar-refractivity contribution in [3.8, 4) is 0 Å². The molecular weight excluding hydrogens is 256 g/mol. The Kier molecular flexibility index (Phi) is 4.49. The molecule has 0 saturated carbocycles. The molecule has 0 bridgehead atoms. The average molecular weight is 276 g/mol. The van der Waals surface area contributed by atoms with E-state index in [4.69, 9.17) is 0 Å². The highest BCUT2D eigenvalue weighted by molar-refractivity contribution is 5.30. The third-order valence-corrected chi connectivity index (χ3v) is 2.76. The highest BCUT2D eigenvalue weighted by atomic mass is 16.1. The maximum atomic E-state index is 12.2. The molecule has 2 heterocycles. The van der Waals surface area contributed by atoms with Gasteiger partial charge in [-0.3, -0.25) is 9.48 Å². The van der Waals surface area contributed by atoms with Gasteiger partial charge in [-0.2, -0.15) is 5.10 Å². The van der Waals surface area contributed by atoms with E-state index < -0.39 is 0 Å². The molecular formula is C13H20N6O. The second kappa shape index (κ2) is 6.31. The normalized spacial score (nSPS) is 11.0. The van der Waals surface area contributed by atoms with Crippen molar-refractivity contribution < 1.29 is 0 Å². The molecule has 0 unspecified atom stereocenters. The van der Waals surface area contributed by atoms with Crippen LogP contribution in [-0.4, -0.2) is 30.9 Å². The van der Waals surface area contributed by atoms with Gasteiger partial charge in [0.2, 0.25) is 0 Å². The zero-order valence-electron chi connectivity index (χ0n) is 12.1. The van der Waals surface area contributed by atoms with Gasteiger partial charge in [0.05, 0.1) is 0 Å². The Morgan fingerprint density at radius 3 is 2.80 bits per heavy atom. The quantitative estimate of drug-likeness (QED) is 0.839. The number of nitrogens with zero attached hydrogens (tertiary/aromatic N) is 5. The summed E-state index contributed by atoms with van der Waals surface area (Å²) in [5.41, 5.74) is -0.0878. The molecule has 7 heteroatoms. The Balaban J connectivity index is 1.97. The maximum absolute atomic E-state index is 12.2. The van der Waals surface area contributed by atoms with Crippen LogP contribution in [-0.2, 0) is 20.0 Å². The van der Waals surface area contributed by atoms with Crippen LogP contribution in [0.15, 0.2) is 23.5 Å². The summed E-state index contributed by atoms with van der Waals surface area (Å²) in [6.45, 7) is 5.43. The Morgan fingerprint density at radius 2 is 2.15 bits per heavy atom. The largest absolute Gasteiger partial charge is 0.365 e. The topological polar surface area (TPSA) is 77.6 Å². The van der Waals surface area contributed by atoms with Crippen molar-refractivity contribution in [3.63, 3.8) is 0 Å². The maximum Gasteiger partial charge on any atom is 0.293 e. The number of hydrogen-bond donors (Lipinski definition) is 1. The van der Waals surface area contributed by atoms with Gasteiger partial charge in [0.25, 0.3) is 5.56 Å². The van der Waals surface area contributed by atoms with Gasteiger partial charge in [-0.05, 0) is 5.92 Å². The van der Waals surface area contributed by atoms with E-state index in [-0.39, 0.29) is 5.56 Å². The zero-order chi connectivity index (χ0) is 14.5. The number of anilines is 1. The smallest absolute Gasteiger partial charge is 0.293 e. The van der Waals surface area contributed by atoms with Crippen LogP contribution in [0.5, 0.6) is 0 Å². The molecule has 108 valence electrons. The highest BCUT2D eigenvalue weighted by Gasteiger charge is 2.06. The number of rotatable bonds is 6. The summed E-state index contributed by atoms with van der Waals surface area (Å²) in [5.74, 6) is 1.54.